The summed E-state index contributed by atoms with van der Waals surface area (Å²) in [5.41, 5.74) is 6.88. The van der Waals surface area contributed by atoms with Crippen LogP contribution in [-0.2, 0) is 11.2 Å². The zero-order valence-corrected chi connectivity index (χ0v) is 11.7. The molecule has 4 N–H and O–H groups in total. The summed E-state index contributed by atoms with van der Waals surface area (Å²) in [6, 6.07) is 6.53. The summed E-state index contributed by atoms with van der Waals surface area (Å²) in [6.07, 6.45) is 2.69. The molecule has 2 unspecified atom stereocenters. The highest BCUT2D eigenvalue weighted by Crippen LogP contribution is 2.17. The Kier molecular flexibility index (Phi) is 5.10. The predicted octanol–water partition coefficient (Wildman–Crippen LogP) is 1.27. The van der Waals surface area contributed by atoms with Crippen molar-refractivity contribution in [2.24, 2.45) is 5.73 Å². The summed E-state index contributed by atoms with van der Waals surface area (Å²) in [7, 11) is 0. The fourth-order valence-electron chi connectivity index (χ4n) is 2.14. The van der Waals surface area contributed by atoms with E-state index in [1.807, 2.05) is 11.8 Å². The highest BCUT2D eigenvalue weighted by molar-refractivity contribution is 7.99. The van der Waals surface area contributed by atoms with E-state index in [0.29, 0.717) is 6.42 Å². The summed E-state index contributed by atoms with van der Waals surface area (Å²) in [4.78, 5) is 12.0. The molecule has 4 nitrogen and oxygen atoms in total. The summed E-state index contributed by atoms with van der Waals surface area (Å²) in [5, 5.41) is 12.2. The van der Waals surface area contributed by atoms with Gasteiger partial charge < -0.3 is 16.2 Å². The maximum absolute atomic E-state index is 12.0. The van der Waals surface area contributed by atoms with E-state index in [0.717, 1.165) is 24.2 Å². The van der Waals surface area contributed by atoms with Crippen molar-refractivity contribution in [2.45, 2.75) is 31.3 Å². The highest BCUT2D eigenvalue weighted by Gasteiger charge is 2.20. The number of nitrogens with one attached hydrogen (secondary N) is 1. The number of carbonyl (C=O) groups excluding carboxylic acids is 1. The lowest BCUT2D eigenvalue weighted by molar-refractivity contribution is -0.122. The van der Waals surface area contributed by atoms with Crippen LogP contribution < -0.4 is 11.1 Å². The van der Waals surface area contributed by atoms with Gasteiger partial charge in [-0.2, -0.15) is 11.8 Å². The Balaban J connectivity index is 1.83. The van der Waals surface area contributed by atoms with Crippen LogP contribution in [0.4, 0.5) is 0 Å². The highest BCUT2D eigenvalue weighted by atomic mass is 32.2. The van der Waals surface area contributed by atoms with E-state index in [1.54, 1.807) is 24.3 Å². The van der Waals surface area contributed by atoms with E-state index in [1.165, 1.54) is 5.75 Å². The van der Waals surface area contributed by atoms with Crippen LogP contribution in [0.1, 0.15) is 18.4 Å². The second-order valence-corrected chi connectivity index (χ2v) is 6.05. The molecule has 19 heavy (non-hydrogen) atoms. The third-order valence-corrected chi connectivity index (χ3v) is 4.45. The van der Waals surface area contributed by atoms with Gasteiger partial charge >= 0.3 is 0 Å². The first-order valence-electron chi connectivity index (χ1n) is 6.57. The topological polar surface area (TPSA) is 75.3 Å². The predicted molar refractivity (Wildman–Crippen MR) is 78.3 cm³/mol. The average molecular weight is 280 g/mol. The van der Waals surface area contributed by atoms with E-state index in [-0.39, 0.29) is 17.7 Å². The number of thioether (sulfide) groups is 1. The van der Waals surface area contributed by atoms with Crippen LogP contribution >= 0.6 is 11.8 Å². The van der Waals surface area contributed by atoms with Crippen molar-refractivity contribution in [3.05, 3.63) is 29.8 Å². The molecule has 0 aliphatic carbocycles. The van der Waals surface area contributed by atoms with Crippen LogP contribution in [0.5, 0.6) is 5.75 Å². The number of hydrogen-bond acceptors (Lipinski definition) is 4. The lowest BCUT2D eigenvalue weighted by atomic mass is 10.1. The Bertz CT molecular complexity index is 416. The molecule has 5 heteroatoms. The standard InChI is InChI=1S/C14H20N2O2S/c15-13(8-10-3-5-12(17)6-4-10)14(18)16-11-2-1-7-19-9-11/h3-6,11,13,17H,1-2,7-9,15H2,(H,16,18). The van der Waals surface area contributed by atoms with Gasteiger partial charge in [-0.3, -0.25) is 4.79 Å². The first-order chi connectivity index (χ1) is 9.15. The van der Waals surface area contributed by atoms with Gasteiger partial charge in [0.25, 0.3) is 0 Å². The number of nitrogens with two attached hydrogens (primary N) is 1. The third kappa shape index (κ3) is 4.44. The smallest absolute Gasteiger partial charge is 0.237 e. The maximum atomic E-state index is 12.0. The van der Waals surface area contributed by atoms with Crippen molar-refractivity contribution in [1.29, 1.82) is 0 Å². The SMILES string of the molecule is NC(Cc1ccc(O)cc1)C(=O)NC1CCCSC1. The lowest BCUT2D eigenvalue weighted by Gasteiger charge is -2.24. The zero-order chi connectivity index (χ0) is 13.7. The van der Waals surface area contributed by atoms with Crippen molar-refractivity contribution >= 4 is 17.7 Å². The summed E-state index contributed by atoms with van der Waals surface area (Å²) in [6.45, 7) is 0. The van der Waals surface area contributed by atoms with Gasteiger partial charge in [0, 0.05) is 11.8 Å². The Hall–Kier alpha value is -1.20. The molecule has 1 aromatic rings. The molecule has 1 aliphatic rings. The van der Waals surface area contributed by atoms with Crippen LogP contribution in [0.25, 0.3) is 0 Å². The van der Waals surface area contributed by atoms with E-state index in [2.05, 4.69) is 5.32 Å². The van der Waals surface area contributed by atoms with Crippen LogP contribution in [-0.4, -0.2) is 34.6 Å². The molecule has 0 bridgehead atoms. The molecule has 0 radical (unpaired) electrons. The van der Waals surface area contributed by atoms with Crippen molar-refractivity contribution in [3.63, 3.8) is 0 Å². The number of rotatable bonds is 4. The number of benzene rings is 1. The second-order valence-electron chi connectivity index (χ2n) is 4.90. The minimum atomic E-state index is -0.531. The minimum Gasteiger partial charge on any atom is -0.508 e. The van der Waals surface area contributed by atoms with Crippen molar-refractivity contribution < 1.29 is 9.90 Å². The molecular formula is C14H20N2O2S. The number of phenolic OH excluding ortho intramolecular Hbond substituents is 1. The van der Waals surface area contributed by atoms with Crippen LogP contribution in [0.2, 0.25) is 0 Å². The van der Waals surface area contributed by atoms with Crippen LogP contribution in [0, 0.1) is 0 Å². The Morgan fingerprint density at radius 2 is 2.21 bits per heavy atom. The van der Waals surface area contributed by atoms with Crippen LogP contribution in [0.3, 0.4) is 0 Å². The molecule has 1 aromatic carbocycles. The fraction of sp³-hybridized carbons (Fsp3) is 0.500. The van der Waals surface area contributed by atoms with Gasteiger partial charge in [0.05, 0.1) is 6.04 Å². The summed E-state index contributed by atoms with van der Waals surface area (Å²) < 4.78 is 0. The molecule has 0 spiro atoms. The van der Waals surface area contributed by atoms with E-state index >= 15 is 0 Å². The lowest BCUT2D eigenvalue weighted by Crippen LogP contribution is -2.47. The fourth-order valence-corrected chi connectivity index (χ4v) is 3.21. The number of carbonyl (C=O) groups is 1. The van der Waals surface area contributed by atoms with Gasteiger partial charge in [-0.05, 0) is 42.7 Å². The van der Waals surface area contributed by atoms with Crippen LogP contribution in [0.15, 0.2) is 24.3 Å². The largest absolute Gasteiger partial charge is 0.508 e. The number of hydrogen-bond donors (Lipinski definition) is 3. The van der Waals surface area contributed by atoms with Gasteiger partial charge in [0.2, 0.25) is 5.91 Å². The molecule has 1 saturated heterocycles. The summed E-state index contributed by atoms with van der Waals surface area (Å²) in [5.74, 6) is 2.31. The molecule has 0 saturated carbocycles. The molecule has 0 aromatic heterocycles. The molecule has 1 aliphatic heterocycles. The first kappa shape index (κ1) is 14.2. The number of phenols is 1. The Morgan fingerprint density at radius 1 is 1.47 bits per heavy atom. The maximum Gasteiger partial charge on any atom is 0.237 e. The quantitative estimate of drug-likeness (QED) is 0.776. The number of amides is 1. The average Bonchev–Trinajstić information content (AvgIpc) is 2.42. The van der Waals surface area contributed by atoms with Crippen molar-refractivity contribution in [3.8, 4) is 5.75 Å². The minimum absolute atomic E-state index is 0.0828. The molecule has 104 valence electrons. The van der Waals surface area contributed by atoms with E-state index < -0.39 is 6.04 Å². The zero-order valence-electron chi connectivity index (χ0n) is 10.8. The third-order valence-electron chi connectivity index (χ3n) is 3.24. The van der Waals surface area contributed by atoms with Crippen molar-refractivity contribution in [1.82, 2.24) is 5.32 Å². The molecule has 2 rings (SSSR count). The molecule has 1 fully saturated rings. The van der Waals surface area contributed by atoms with Gasteiger partial charge in [-0.15, -0.1) is 0 Å². The van der Waals surface area contributed by atoms with Crippen molar-refractivity contribution in [2.75, 3.05) is 11.5 Å². The van der Waals surface area contributed by atoms with Gasteiger partial charge in [-0.25, -0.2) is 0 Å². The first-order valence-corrected chi connectivity index (χ1v) is 7.72. The monoisotopic (exact) mass is 280 g/mol. The van der Waals surface area contributed by atoms with Gasteiger partial charge in [0.1, 0.15) is 5.75 Å². The Morgan fingerprint density at radius 3 is 2.84 bits per heavy atom. The number of aromatic hydroxyl groups is 1. The van der Waals surface area contributed by atoms with E-state index in [4.69, 9.17) is 5.73 Å². The van der Waals surface area contributed by atoms with Gasteiger partial charge in [0.15, 0.2) is 0 Å². The molecule has 1 heterocycles. The normalized spacial score (nSPS) is 20.8. The molecule has 2 atom stereocenters. The molecule has 1 amide bonds. The second kappa shape index (κ2) is 6.82. The Labute approximate surface area is 117 Å². The molecular weight excluding hydrogens is 260 g/mol. The van der Waals surface area contributed by atoms with Gasteiger partial charge in [-0.1, -0.05) is 12.1 Å². The van der Waals surface area contributed by atoms with E-state index in [9.17, 15) is 9.90 Å². The summed E-state index contributed by atoms with van der Waals surface area (Å²) >= 11 is 1.88.